The molecule has 162 valence electrons. The lowest BCUT2D eigenvalue weighted by molar-refractivity contribution is -0.121. The first-order valence-electron chi connectivity index (χ1n) is 10.6. The number of rotatable bonds is 9. The molecule has 0 saturated carbocycles. The summed E-state index contributed by atoms with van der Waals surface area (Å²) in [5.41, 5.74) is 0.720. The van der Waals surface area contributed by atoms with E-state index in [9.17, 15) is 9.18 Å². The fourth-order valence-electron chi connectivity index (χ4n) is 3.60. The smallest absolute Gasteiger partial charge is 0.220 e. The summed E-state index contributed by atoms with van der Waals surface area (Å²) in [5, 5.41) is 6.51. The summed E-state index contributed by atoms with van der Waals surface area (Å²) >= 11 is 6.00. The van der Waals surface area contributed by atoms with Gasteiger partial charge in [0.15, 0.2) is 0 Å². The number of nitrogens with one attached hydrogen (secondary N) is 2. The molecule has 3 rings (SSSR count). The first kappa shape index (κ1) is 22.3. The van der Waals surface area contributed by atoms with Crippen molar-refractivity contribution < 1.29 is 9.18 Å². The molecule has 1 aliphatic heterocycles. The Bertz CT molecular complexity index is 842. The van der Waals surface area contributed by atoms with Crippen LogP contribution in [0.5, 0.6) is 0 Å². The zero-order valence-corrected chi connectivity index (χ0v) is 18.1. The number of carbonyl (C=O) groups is 1. The summed E-state index contributed by atoms with van der Waals surface area (Å²) in [6.45, 7) is 5.20. The predicted molar refractivity (Wildman–Crippen MR) is 118 cm³/mol. The van der Waals surface area contributed by atoms with E-state index < -0.39 is 0 Å². The first-order valence-corrected chi connectivity index (χ1v) is 10.9. The maximum atomic E-state index is 13.1. The Morgan fingerprint density at radius 1 is 1.27 bits per heavy atom. The summed E-state index contributed by atoms with van der Waals surface area (Å²) in [7, 11) is 0. The molecule has 1 amide bonds. The molecular formula is C22H29ClFN5O. The van der Waals surface area contributed by atoms with Gasteiger partial charge in [0, 0.05) is 43.7 Å². The molecule has 1 aliphatic rings. The highest BCUT2D eigenvalue weighted by Crippen LogP contribution is 2.26. The van der Waals surface area contributed by atoms with Crippen LogP contribution >= 0.6 is 11.6 Å². The van der Waals surface area contributed by atoms with Gasteiger partial charge in [0.1, 0.15) is 23.8 Å². The second-order valence-electron chi connectivity index (χ2n) is 7.67. The van der Waals surface area contributed by atoms with Crippen molar-refractivity contribution >= 4 is 29.1 Å². The van der Waals surface area contributed by atoms with Crippen LogP contribution < -0.4 is 15.5 Å². The molecule has 0 spiro atoms. The predicted octanol–water partition coefficient (Wildman–Crippen LogP) is 4.40. The third-order valence-corrected chi connectivity index (χ3v) is 5.77. The minimum absolute atomic E-state index is 0.000243. The van der Waals surface area contributed by atoms with E-state index in [0.29, 0.717) is 23.9 Å². The maximum Gasteiger partial charge on any atom is 0.220 e. The highest BCUT2D eigenvalue weighted by Gasteiger charge is 2.21. The first-order chi connectivity index (χ1) is 14.5. The van der Waals surface area contributed by atoms with E-state index in [0.717, 1.165) is 62.5 Å². The number of carbonyl (C=O) groups excluding carboxylic acids is 1. The third-order valence-electron chi connectivity index (χ3n) is 5.42. The molecule has 1 aromatic carbocycles. The Labute approximate surface area is 182 Å². The van der Waals surface area contributed by atoms with E-state index in [4.69, 9.17) is 11.6 Å². The molecule has 8 heteroatoms. The number of aromatic nitrogens is 2. The summed E-state index contributed by atoms with van der Waals surface area (Å²) < 4.78 is 13.1. The molecule has 1 fully saturated rings. The molecule has 6 nitrogen and oxygen atoms in total. The number of amides is 1. The summed E-state index contributed by atoms with van der Waals surface area (Å²) in [4.78, 5) is 23.1. The average Bonchev–Trinajstić information content (AvgIpc) is 2.76. The van der Waals surface area contributed by atoms with E-state index in [1.807, 2.05) is 6.07 Å². The van der Waals surface area contributed by atoms with Gasteiger partial charge < -0.3 is 15.5 Å². The van der Waals surface area contributed by atoms with Crippen molar-refractivity contribution in [3.8, 4) is 0 Å². The zero-order chi connectivity index (χ0) is 21.3. The molecular weight excluding hydrogens is 405 g/mol. The van der Waals surface area contributed by atoms with Gasteiger partial charge in [0.2, 0.25) is 5.91 Å². The molecule has 1 saturated heterocycles. The van der Waals surface area contributed by atoms with Crippen molar-refractivity contribution in [2.75, 3.05) is 29.9 Å². The van der Waals surface area contributed by atoms with Crippen LogP contribution in [0.4, 0.5) is 16.0 Å². The van der Waals surface area contributed by atoms with E-state index in [2.05, 4.69) is 32.4 Å². The van der Waals surface area contributed by atoms with Crippen LogP contribution in [0.25, 0.3) is 0 Å². The van der Waals surface area contributed by atoms with E-state index >= 15 is 0 Å². The Kier molecular flexibility index (Phi) is 8.25. The Hall–Kier alpha value is -2.41. The minimum Gasteiger partial charge on any atom is -0.370 e. The average molecular weight is 434 g/mol. The topological polar surface area (TPSA) is 70.2 Å². The van der Waals surface area contributed by atoms with Gasteiger partial charge >= 0.3 is 0 Å². The molecule has 0 bridgehead atoms. The van der Waals surface area contributed by atoms with Gasteiger partial charge in [-0.1, -0.05) is 24.6 Å². The Balaban J connectivity index is 1.39. The quantitative estimate of drug-likeness (QED) is 0.613. The van der Waals surface area contributed by atoms with Crippen molar-refractivity contribution in [3.63, 3.8) is 0 Å². The number of halogens is 2. The van der Waals surface area contributed by atoms with Crippen LogP contribution in [-0.2, 0) is 11.3 Å². The molecule has 30 heavy (non-hydrogen) atoms. The van der Waals surface area contributed by atoms with Crippen molar-refractivity contribution in [1.29, 1.82) is 0 Å². The van der Waals surface area contributed by atoms with E-state index in [1.165, 1.54) is 12.1 Å². The lowest BCUT2D eigenvalue weighted by atomic mass is 9.92. The fourth-order valence-corrected chi connectivity index (χ4v) is 3.84. The second kappa shape index (κ2) is 11.1. The largest absolute Gasteiger partial charge is 0.370 e. The summed E-state index contributed by atoms with van der Waals surface area (Å²) in [5.74, 6) is 1.97. The van der Waals surface area contributed by atoms with Gasteiger partial charge in [-0.25, -0.2) is 14.4 Å². The molecule has 0 unspecified atom stereocenters. The van der Waals surface area contributed by atoms with Crippen molar-refractivity contribution in [2.24, 2.45) is 5.92 Å². The minimum atomic E-state index is -0.378. The van der Waals surface area contributed by atoms with Crippen molar-refractivity contribution in [1.82, 2.24) is 15.3 Å². The molecule has 0 aliphatic carbocycles. The molecule has 2 heterocycles. The van der Waals surface area contributed by atoms with E-state index in [1.54, 1.807) is 12.4 Å². The monoisotopic (exact) mass is 433 g/mol. The molecule has 0 atom stereocenters. The van der Waals surface area contributed by atoms with Gasteiger partial charge in [-0.15, -0.1) is 0 Å². The Morgan fingerprint density at radius 2 is 2.07 bits per heavy atom. The highest BCUT2D eigenvalue weighted by molar-refractivity contribution is 6.31. The van der Waals surface area contributed by atoms with Crippen LogP contribution in [0.15, 0.2) is 30.6 Å². The molecule has 2 aromatic rings. The SMILES string of the molecule is CCCNc1cc(N2CCC(CCC(=O)NCc3ccc(F)cc3Cl)CC2)ncn1. The van der Waals surface area contributed by atoms with Gasteiger partial charge in [-0.3, -0.25) is 4.79 Å². The maximum absolute atomic E-state index is 13.1. The number of piperidine rings is 1. The van der Waals surface area contributed by atoms with Crippen molar-refractivity contribution in [3.05, 3.63) is 47.0 Å². The van der Waals surface area contributed by atoms with Gasteiger partial charge in [0.25, 0.3) is 0 Å². The summed E-state index contributed by atoms with van der Waals surface area (Å²) in [6.07, 6.45) is 6.09. The fraction of sp³-hybridized carbons (Fsp3) is 0.500. The molecule has 2 N–H and O–H groups in total. The third kappa shape index (κ3) is 6.55. The standard InChI is InChI=1S/C22H29ClFN5O/c1-2-9-25-20-13-21(28-15-27-20)29-10-7-16(8-11-29)3-6-22(30)26-14-17-4-5-18(24)12-19(17)23/h4-5,12-13,15-16H,2-3,6-11,14H2,1H3,(H,26,30)(H,25,27,28). The number of benzene rings is 1. The zero-order valence-electron chi connectivity index (χ0n) is 17.3. The number of nitrogens with zero attached hydrogens (tertiary/aromatic N) is 3. The highest BCUT2D eigenvalue weighted by atomic mass is 35.5. The van der Waals surface area contributed by atoms with Crippen LogP contribution in [0, 0.1) is 11.7 Å². The van der Waals surface area contributed by atoms with Gasteiger partial charge in [-0.2, -0.15) is 0 Å². The van der Waals surface area contributed by atoms with Crippen LogP contribution in [0.2, 0.25) is 5.02 Å². The number of hydrogen-bond acceptors (Lipinski definition) is 5. The van der Waals surface area contributed by atoms with Crippen LogP contribution in [-0.4, -0.2) is 35.5 Å². The van der Waals surface area contributed by atoms with Gasteiger partial charge in [0.05, 0.1) is 0 Å². The number of hydrogen-bond donors (Lipinski definition) is 2. The van der Waals surface area contributed by atoms with Gasteiger partial charge in [-0.05, 0) is 49.3 Å². The lowest BCUT2D eigenvalue weighted by Crippen LogP contribution is -2.34. The normalized spacial score (nSPS) is 14.6. The molecule has 0 radical (unpaired) electrons. The van der Waals surface area contributed by atoms with Crippen LogP contribution in [0.1, 0.15) is 44.6 Å². The summed E-state index contributed by atoms with van der Waals surface area (Å²) in [6, 6.07) is 6.22. The number of anilines is 2. The second-order valence-corrected chi connectivity index (χ2v) is 8.08. The van der Waals surface area contributed by atoms with Crippen molar-refractivity contribution in [2.45, 2.75) is 45.6 Å². The molecule has 1 aromatic heterocycles. The Morgan fingerprint density at radius 3 is 2.80 bits per heavy atom. The van der Waals surface area contributed by atoms with Crippen LogP contribution in [0.3, 0.4) is 0 Å². The van der Waals surface area contributed by atoms with E-state index in [-0.39, 0.29) is 11.7 Å². The lowest BCUT2D eigenvalue weighted by Gasteiger charge is -2.32.